The van der Waals surface area contributed by atoms with E-state index in [1.165, 1.54) is 11.3 Å². The maximum Gasteiger partial charge on any atom is 0.258 e. The molecule has 7 nitrogen and oxygen atoms in total. The number of methoxy groups -OCH3 is 2. The van der Waals surface area contributed by atoms with E-state index >= 15 is 0 Å². The van der Waals surface area contributed by atoms with Gasteiger partial charge in [0.25, 0.3) is 5.89 Å². The van der Waals surface area contributed by atoms with E-state index in [0.29, 0.717) is 41.7 Å². The van der Waals surface area contributed by atoms with Crippen LogP contribution in [0.5, 0.6) is 11.5 Å². The highest BCUT2D eigenvalue weighted by atomic mass is 32.1. The van der Waals surface area contributed by atoms with Gasteiger partial charge in [0, 0.05) is 22.9 Å². The molecule has 0 aliphatic heterocycles. The lowest BCUT2D eigenvalue weighted by atomic mass is 10.2. The summed E-state index contributed by atoms with van der Waals surface area (Å²) >= 11 is 1.51. The molecule has 1 amide bonds. The molecule has 0 saturated heterocycles. The Morgan fingerprint density at radius 2 is 1.92 bits per heavy atom. The molecule has 1 aromatic carbocycles. The van der Waals surface area contributed by atoms with Gasteiger partial charge in [-0.3, -0.25) is 4.79 Å². The third-order valence-corrected chi connectivity index (χ3v) is 4.77. The molecule has 2 aromatic heterocycles. The smallest absolute Gasteiger partial charge is 0.258 e. The lowest BCUT2D eigenvalue weighted by Gasteiger charge is -2.05. The second-order valence-electron chi connectivity index (χ2n) is 5.42. The normalized spacial score (nSPS) is 10.6. The molecule has 1 N–H and O–H groups in total. The molecular formula is C18H19N3O4S. The van der Waals surface area contributed by atoms with Gasteiger partial charge in [-0.2, -0.15) is 4.98 Å². The molecule has 3 rings (SSSR count). The minimum absolute atomic E-state index is 0.0220. The van der Waals surface area contributed by atoms with E-state index in [1.54, 1.807) is 32.4 Å². The standard InChI is InChI=1S/C18H19N3O4S/c1-4-16(22)19-10-14-5-6-15(26-14)17-20-18(25-21-17)11-7-12(23-2)9-13(8-11)24-3/h5-9H,4,10H2,1-3H3,(H,19,22). The zero-order valence-corrected chi connectivity index (χ0v) is 15.6. The summed E-state index contributed by atoms with van der Waals surface area (Å²) in [5.74, 6) is 2.19. The second kappa shape index (κ2) is 8.01. The van der Waals surface area contributed by atoms with Gasteiger partial charge in [-0.1, -0.05) is 12.1 Å². The Morgan fingerprint density at radius 3 is 2.58 bits per heavy atom. The number of carbonyl (C=O) groups is 1. The molecule has 8 heteroatoms. The lowest BCUT2D eigenvalue weighted by molar-refractivity contribution is -0.120. The van der Waals surface area contributed by atoms with E-state index in [9.17, 15) is 4.79 Å². The van der Waals surface area contributed by atoms with E-state index in [2.05, 4.69) is 15.5 Å². The van der Waals surface area contributed by atoms with E-state index in [-0.39, 0.29) is 5.91 Å². The number of hydrogen-bond donors (Lipinski definition) is 1. The van der Waals surface area contributed by atoms with Crippen LogP contribution in [0.3, 0.4) is 0 Å². The van der Waals surface area contributed by atoms with Gasteiger partial charge in [0.1, 0.15) is 11.5 Å². The third-order valence-electron chi connectivity index (χ3n) is 3.69. The molecule has 0 aliphatic rings. The fourth-order valence-electron chi connectivity index (χ4n) is 2.28. The number of carbonyl (C=O) groups excluding carboxylic acids is 1. The number of aromatic nitrogens is 2. The van der Waals surface area contributed by atoms with Gasteiger partial charge in [0.2, 0.25) is 11.7 Å². The van der Waals surface area contributed by atoms with Crippen LogP contribution < -0.4 is 14.8 Å². The van der Waals surface area contributed by atoms with Crippen LogP contribution in [0, 0.1) is 0 Å². The topological polar surface area (TPSA) is 86.5 Å². The first kappa shape index (κ1) is 17.9. The third kappa shape index (κ3) is 4.02. The number of benzene rings is 1. The maximum absolute atomic E-state index is 11.4. The Bertz CT molecular complexity index is 881. The zero-order chi connectivity index (χ0) is 18.5. The predicted octanol–water partition coefficient (Wildman–Crippen LogP) is 3.51. The van der Waals surface area contributed by atoms with Gasteiger partial charge in [-0.05, 0) is 24.3 Å². The highest BCUT2D eigenvalue weighted by molar-refractivity contribution is 7.15. The molecule has 2 heterocycles. The first-order chi connectivity index (χ1) is 12.6. The Kier molecular flexibility index (Phi) is 5.52. The fourth-order valence-corrected chi connectivity index (χ4v) is 3.15. The highest BCUT2D eigenvalue weighted by Crippen LogP contribution is 2.31. The van der Waals surface area contributed by atoms with Crippen LogP contribution in [0.2, 0.25) is 0 Å². The maximum atomic E-state index is 11.4. The molecule has 0 spiro atoms. The van der Waals surface area contributed by atoms with E-state index in [0.717, 1.165) is 9.75 Å². The first-order valence-electron chi connectivity index (χ1n) is 8.06. The van der Waals surface area contributed by atoms with E-state index in [4.69, 9.17) is 14.0 Å². The van der Waals surface area contributed by atoms with E-state index < -0.39 is 0 Å². The molecule has 0 fully saturated rings. The van der Waals surface area contributed by atoms with Crippen molar-refractivity contribution in [2.75, 3.05) is 14.2 Å². The molecule has 136 valence electrons. The van der Waals surface area contributed by atoms with Crippen molar-refractivity contribution in [3.8, 4) is 33.7 Å². The molecule has 0 saturated carbocycles. The summed E-state index contributed by atoms with van der Waals surface area (Å²) in [7, 11) is 3.17. The van der Waals surface area contributed by atoms with Gasteiger partial charge in [0.05, 0.1) is 25.6 Å². The lowest BCUT2D eigenvalue weighted by Crippen LogP contribution is -2.20. The molecule has 0 bridgehead atoms. The van der Waals surface area contributed by atoms with Crippen molar-refractivity contribution >= 4 is 17.2 Å². The van der Waals surface area contributed by atoms with Gasteiger partial charge in [0.15, 0.2) is 0 Å². The van der Waals surface area contributed by atoms with Crippen LogP contribution in [0.1, 0.15) is 18.2 Å². The molecule has 0 radical (unpaired) electrons. The largest absolute Gasteiger partial charge is 0.497 e. The first-order valence-corrected chi connectivity index (χ1v) is 8.87. The Labute approximate surface area is 154 Å². The number of nitrogens with one attached hydrogen (secondary N) is 1. The number of nitrogens with zero attached hydrogens (tertiary/aromatic N) is 2. The van der Waals surface area contributed by atoms with Crippen molar-refractivity contribution in [3.63, 3.8) is 0 Å². The Balaban J connectivity index is 1.80. The number of hydrogen-bond acceptors (Lipinski definition) is 7. The minimum Gasteiger partial charge on any atom is -0.497 e. The number of thiophene rings is 1. The van der Waals surface area contributed by atoms with Crippen molar-refractivity contribution < 1.29 is 18.8 Å². The average Bonchev–Trinajstić information content (AvgIpc) is 3.34. The predicted molar refractivity (Wildman–Crippen MR) is 98.3 cm³/mol. The number of ether oxygens (including phenoxy) is 2. The summed E-state index contributed by atoms with van der Waals surface area (Å²) in [6, 6.07) is 9.25. The van der Waals surface area contributed by atoms with Gasteiger partial charge < -0.3 is 19.3 Å². The van der Waals surface area contributed by atoms with Crippen LogP contribution in [-0.4, -0.2) is 30.3 Å². The summed E-state index contributed by atoms with van der Waals surface area (Å²) in [5, 5.41) is 6.90. The quantitative estimate of drug-likeness (QED) is 0.682. The molecule has 0 unspecified atom stereocenters. The van der Waals surface area contributed by atoms with Crippen molar-refractivity contribution in [1.82, 2.24) is 15.5 Å². The molecule has 0 aliphatic carbocycles. The minimum atomic E-state index is 0.0220. The molecular weight excluding hydrogens is 354 g/mol. The average molecular weight is 373 g/mol. The Morgan fingerprint density at radius 1 is 1.19 bits per heavy atom. The highest BCUT2D eigenvalue weighted by Gasteiger charge is 2.14. The van der Waals surface area contributed by atoms with Crippen LogP contribution in [0.25, 0.3) is 22.2 Å². The van der Waals surface area contributed by atoms with Crippen LogP contribution in [-0.2, 0) is 11.3 Å². The van der Waals surface area contributed by atoms with Gasteiger partial charge in [-0.15, -0.1) is 11.3 Å². The monoisotopic (exact) mass is 373 g/mol. The zero-order valence-electron chi connectivity index (χ0n) is 14.7. The fraction of sp³-hybridized carbons (Fsp3) is 0.278. The Hall–Kier alpha value is -2.87. The van der Waals surface area contributed by atoms with Crippen molar-refractivity contribution in [2.24, 2.45) is 0 Å². The van der Waals surface area contributed by atoms with Crippen LogP contribution in [0.15, 0.2) is 34.9 Å². The van der Waals surface area contributed by atoms with Crippen molar-refractivity contribution in [3.05, 3.63) is 35.2 Å². The summed E-state index contributed by atoms with van der Waals surface area (Å²) in [4.78, 5) is 17.7. The molecule has 3 aromatic rings. The van der Waals surface area contributed by atoms with Crippen molar-refractivity contribution in [1.29, 1.82) is 0 Å². The SMILES string of the molecule is CCC(=O)NCc1ccc(-c2noc(-c3cc(OC)cc(OC)c3)n2)s1. The molecule has 0 atom stereocenters. The van der Waals surface area contributed by atoms with Gasteiger partial charge >= 0.3 is 0 Å². The van der Waals surface area contributed by atoms with E-state index in [1.807, 2.05) is 19.1 Å². The molecule has 26 heavy (non-hydrogen) atoms. The van der Waals surface area contributed by atoms with Crippen LogP contribution in [0.4, 0.5) is 0 Å². The van der Waals surface area contributed by atoms with Crippen LogP contribution >= 0.6 is 11.3 Å². The summed E-state index contributed by atoms with van der Waals surface area (Å²) in [6.45, 7) is 2.32. The summed E-state index contributed by atoms with van der Waals surface area (Å²) < 4.78 is 15.9. The number of rotatable bonds is 7. The summed E-state index contributed by atoms with van der Waals surface area (Å²) in [6.07, 6.45) is 0.469. The second-order valence-corrected chi connectivity index (χ2v) is 6.59. The van der Waals surface area contributed by atoms with Crippen molar-refractivity contribution in [2.45, 2.75) is 19.9 Å². The number of amides is 1. The summed E-state index contributed by atoms with van der Waals surface area (Å²) in [5.41, 5.74) is 0.715. The van der Waals surface area contributed by atoms with Gasteiger partial charge in [-0.25, -0.2) is 0 Å².